The number of allylic oxidation sites excluding steroid dienone is 1. The van der Waals surface area contributed by atoms with Crippen molar-refractivity contribution in [2.75, 3.05) is 27.2 Å². The molecule has 0 amide bonds. The van der Waals surface area contributed by atoms with Gasteiger partial charge in [-0.3, -0.25) is 0 Å². The third-order valence-electron chi connectivity index (χ3n) is 3.31. The Labute approximate surface area is 89.9 Å². The van der Waals surface area contributed by atoms with Gasteiger partial charge >= 0.3 is 0 Å². The van der Waals surface area contributed by atoms with Gasteiger partial charge < -0.3 is 4.48 Å². The van der Waals surface area contributed by atoms with Gasteiger partial charge in [-0.25, -0.2) is 0 Å². The fourth-order valence-corrected chi connectivity index (χ4v) is 3.32. The quantitative estimate of drug-likeness (QED) is 0.552. The second-order valence-corrected chi connectivity index (χ2v) is 5.82. The van der Waals surface area contributed by atoms with Gasteiger partial charge in [-0.15, -0.1) is 0 Å². The molecule has 74 valence electrons. The number of quaternary nitrogens is 1. The maximum atomic E-state index is 6.23. The van der Waals surface area contributed by atoms with Gasteiger partial charge in [-0.05, 0) is 12.8 Å². The highest BCUT2D eigenvalue weighted by atomic mass is 35.5. The molecule has 1 heterocycles. The van der Waals surface area contributed by atoms with Crippen LogP contribution in [-0.4, -0.2) is 31.7 Å². The van der Waals surface area contributed by atoms with E-state index in [1.54, 1.807) is 0 Å². The number of rotatable bonds is 0. The first kappa shape index (κ1) is 9.82. The van der Waals surface area contributed by atoms with E-state index in [1.807, 2.05) is 0 Å². The van der Waals surface area contributed by atoms with Gasteiger partial charge in [0.1, 0.15) is 0 Å². The lowest BCUT2D eigenvalue weighted by molar-refractivity contribution is -0.880. The molecule has 1 fully saturated rings. The van der Waals surface area contributed by atoms with Crippen molar-refractivity contribution in [2.24, 2.45) is 11.8 Å². The Bertz CT molecular complexity index is 258. The maximum Gasteiger partial charge on any atom is 0.0866 e. The minimum absolute atomic E-state index is 0.540. The number of hydrogen-bond acceptors (Lipinski definition) is 0. The first-order chi connectivity index (χ1) is 5.99. The lowest BCUT2D eigenvalue weighted by atomic mass is 9.86. The van der Waals surface area contributed by atoms with Crippen LogP contribution in [0, 0.1) is 11.8 Å². The third-order valence-corrected chi connectivity index (χ3v) is 4.31. The fraction of sp³-hybridized carbons (Fsp3) is 0.800. The smallest absolute Gasteiger partial charge is 0.0866 e. The van der Waals surface area contributed by atoms with Gasteiger partial charge in [0.25, 0.3) is 0 Å². The molecule has 13 heavy (non-hydrogen) atoms. The van der Waals surface area contributed by atoms with E-state index in [9.17, 15) is 0 Å². The maximum absolute atomic E-state index is 6.23. The van der Waals surface area contributed by atoms with Gasteiger partial charge in [-0.2, -0.15) is 0 Å². The lowest BCUT2D eigenvalue weighted by Gasteiger charge is -2.23. The second-order valence-electron chi connectivity index (χ2n) is 4.96. The molecule has 0 bridgehead atoms. The van der Waals surface area contributed by atoms with Crippen molar-refractivity contribution in [3.63, 3.8) is 0 Å². The van der Waals surface area contributed by atoms with Gasteiger partial charge in [-0.1, -0.05) is 23.2 Å². The monoisotopic (exact) mass is 220 g/mol. The molecule has 1 nitrogen and oxygen atoms in total. The number of fused-ring (bicyclic) bond motifs is 1. The Balaban J connectivity index is 2.24. The summed E-state index contributed by atoms with van der Waals surface area (Å²) in [6.45, 7) is 2.41. The minimum atomic E-state index is 0.540. The Kier molecular flexibility index (Phi) is 2.38. The zero-order valence-electron chi connectivity index (χ0n) is 8.19. The van der Waals surface area contributed by atoms with E-state index in [0.29, 0.717) is 5.92 Å². The van der Waals surface area contributed by atoms with Crippen molar-refractivity contribution in [1.82, 2.24) is 0 Å². The highest BCUT2D eigenvalue weighted by Gasteiger charge is 2.44. The van der Waals surface area contributed by atoms with Crippen LogP contribution in [0.25, 0.3) is 0 Å². The van der Waals surface area contributed by atoms with Crippen molar-refractivity contribution in [1.29, 1.82) is 0 Å². The topological polar surface area (TPSA) is 0 Å². The van der Waals surface area contributed by atoms with Crippen LogP contribution < -0.4 is 0 Å². The normalized spacial score (nSPS) is 37.8. The molecule has 0 spiro atoms. The van der Waals surface area contributed by atoms with Crippen LogP contribution in [0.4, 0.5) is 0 Å². The van der Waals surface area contributed by atoms with E-state index < -0.39 is 0 Å². The molecule has 0 N–H and O–H groups in total. The van der Waals surface area contributed by atoms with Gasteiger partial charge in [0.15, 0.2) is 0 Å². The first-order valence-electron chi connectivity index (χ1n) is 4.86. The number of likely N-dealkylation sites (tertiary alicyclic amines) is 1. The van der Waals surface area contributed by atoms with Crippen molar-refractivity contribution in [3.05, 3.63) is 10.1 Å². The van der Waals surface area contributed by atoms with Gasteiger partial charge in [0.2, 0.25) is 0 Å². The first-order valence-corrected chi connectivity index (χ1v) is 5.61. The van der Waals surface area contributed by atoms with Crippen molar-refractivity contribution in [2.45, 2.75) is 12.8 Å². The summed E-state index contributed by atoms with van der Waals surface area (Å²) < 4.78 is 1.09. The van der Waals surface area contributed by atoms with Crippen molar-refractivity contribution in [3.8, 4) is 0 Å². The summed E-state index contributed by atoms with van der Waals surface area (Å²) in [5.41, 5.74) is 0. The summed E-state index contributed by atoms with van der Waals surface area (Å²) in [6.07, 6.45) is 2.21. The van der Waals surface area contributed by atoms with Crippen LogP contribution in [0.5, 0.6) is 0 Å². The summed E-state index contributed by atoms with van der Waals surface area (Å²) in [6, 6.07) is 0. The molecule has 2 atom stereocenters. The molecule has 0 aromatic carbocycles. The van der Waals surface area contributed by atoms with E-state index in [-0.39, 0.29) is 0 Å². The molecule has 0 aromatic rings. The van der Waals surface area contributed by atoms with Crippen molar-refractivity contribution >= 4 is 23.2 Å². The standard InChI is InChI=1S/C10H16Cl2N/c1-13(2)5-7-3-4-9(11)10(12)8(7)6-13/h7-8H,3-6H2,1-2H3/q+1. The van der Waals surface area contributed by atoms with E-state index >= 15 is 0 Å². The Morgan fingerprint density at radius 1 is 1.23 bits per heavy atom. The molecule has 0 radical (unpaired) electrons. The number of halogens is 2. The average molecular weight is 221 g/mol. The molecular formula is C10H16Cl2N+. The SMILES string of the molecule is C[N+]1(C)CC2CCC(Cl)=C(Cl)C2C1. The minimum Gasteiger partial charge on any atom is -0.328 e. The van der Waals surface area contributed by atoms with Crippen LogP contribution in [0.2, 0.25) is 0 Å². The molecule has 1 saturated heterocycles. The predicted octanol–water partition coefficient (Wildman–Crippen LogP) is 2.79. The summed E-state index contributed by atoms with van der Waals surface area (Å²) in [5, 5.41) is 1.85. The van der Waals surface area contributed by atoms with E-state index in [2.05, 4.69) is 14.1 Å². The predicted molar refractivity (Wildman–Crippen MR) is 56.8 cm³/mol. The number of hydrogen-bond donors (Lipinski definition) is 0. The third kappa shape index (κ3) is 1.74. The van der Waals surface area contributed by atoms with E-state index in [4.69, 9.17) is 23.2 Å². The lowest BCUT2D eigenvalue weighted by Crippen LogP contribution is -2.36. The Morgan fingerprint density at radius 2 is 1.92 bits per heavy atom. The Hall–Kier alpha value is 0.280. The average Bonchev–Trinajstić information content (AvgIpc) is 2.34. The highest BCUT2D eigenvalue weighted by Crippen LogP contribution is 2.44. The highest BCUT2D eigenvalue weighted by molar-refractivity contribution is 6.39. The van der Waals surface area contributed by atoms with Crippen LogP contribution in [0.3, 0.4) is 0 Å². The van der Waals surface area contributed by atoms with Gasteiger partial charge in [0.05, 0.1) is 33.1 Å². The molecule has 1 aliphatic carbocycles. The molecule has 0 saturated carbocycles. The van der Waals surface area contributed by atoms with Crippen molar-refractivity contribution < 1.29 is 4.48 Å². The molecule has 2 rings (SSSR count). The van der Waals surface area contributed by atoms with E-state index in [0.717, 1.165) is 33.4 Å². The summed E-state index contributed by atoms with van der Waals surface area (Å²) >= 11 is 12.3. The molecule has 3 heteroatoms. The van der Waals surface area contributed by atoms with Gasteiger partial charge in [0, 0.05) is 16.0 Å². The summed E-state index contributed by atoms with van der Waals surface area (Å²) in [4.78, 5) is 0. The van der Waals surface area contributed by atoms with Crippen LogP contribution >= 0.6 is 23.2 Å². The number of nitrogens with zero attached hydrogens (tertiary/aromatic N) is 1. The molecule has 0 aromatic heterocycles. The van der Waals surface area contributed by atoms with Crippen LogP contribution in [0.15, 0.2) is 10.1 Å². The molecular weight excluding hydrogens is 205 g/mol. The second kappa shape index (κ2) is 3.15. The fourth-order valence-electron chi connectivity index (χ4n) is 2.73. The molecule has 2 unspecified atom stereocenters. The van der Waals surface area contributed by atoms with Crippen LogP contribution in [-0.2, 0) is 0 Å². The Morgan fingerprint density at radius 3 is 2.62 bits per heavy atom. The molecule has 2 aliphatic rings. The molecule has 1 aliphatic heterocycles. The van der Waals surface area contributed by atoms with Crippen LogP contribution in [0.1, 0.15) is 12.8 Å². The summed E-state index contributed by atoms with van der Waals surface area (Å²) in [7, 11) is 4.55. The van der Waals surface area contributed by atoms with E-state index in [1.165, 1.54) is 13.0 Å². The summed E-state index contributed by atoms with van der Waals surface area (Å²) in [5.74, 6) is 1.31. The zero-order valence-corrected chi connectivity index (χ0v) is 9.70. The zero-order chi connectivity index (χ0) is 9.64. The largest absolute Gasteiger partial charge is 0.328 e.